The molecule has 0 aliphatic rings. The number of rotatable bonds is 8. The summed E-state index contributed by atoms with van der Waals surface area (Å²) in [5.41, 5.74) is 0.653. The highest BCUT2D eigenvalue weighted by Crippen LogP contribution is 2.29. The minimum atomic E-state index is -0.471. The number of aryl methyl sites for hydroxylation is 2. The fourth-order valence-corrected chi connectivity index (χ4v) is 3.60. The zero-order valence-corrected chi connectivity index (χ0v) is 17.2. The van der Waals surface area contributed by atoms with E-state index in [0.717, 1.165) is 12.2 Å². The minimum Gasteiger partial charge on any atom is -0.459 e. The first-order valence-electron chi connectivity index (χ1n) is 9.05. The largest absolute Gasteiger partial charge is 0.459 e. The van der Waals surface area contributed by atoms with Crippen molar-refractivity contribution in [3.8, 4) is 10.8 Å². The maximum atomic E-state index is 12.6. The lowest BCUT2D eigenvalue weighted by atomic mass is 10.0. The molecule has 8 heteroatoms. The Kier molecular flexibility index (Phi) is 7.41. The van der Waals surface area contributed by atoms with Gasteiger partial charge in [-0.3, -0.25) is 4.79 Å². The standard InChI is InChI=1S/C19H27N3O4S/c1-6-25-19(24)22-14(9-11(2)3)10-20-17(23)16-13(5)21-18(27-16)15-8-7-12(4)26-15/h7-8,11,14H,6,9-10H2,1-5H3,(H,20,23)(H,22,24). The molecule has 0 saturated heterocycles. The molecule has 0 radical (unpaired) electrons. The summed E-state index contributed by atoms with van der Waals surface area (Å²) in [6, 6.07) is 3.51. The molecular formula is C19H27N3O4S. The number of amides is 2. The van der Waals surface area contributed by atoms with Gasteiger partial charge < -0.3 is 19.8 Å². The van der Waals surface area contributed by atoms with Gasteiger partial charge in [-0.05, 0) is 45.2 Å². The maximum absolute atomic E-state index is 12.6. The third-order valence-corrected chi connectivity index (χ3v) is 4.99. The van der Waals surface area contributed by atoms with Crippen LogP contribution in [0, 0.1) is 19.8 Å². The maximum Gasteiger partial charge on any atom is 0.407 e. The first-order chi connectivity index (χ1) is 12.8. The van der Waals surface area contributed by atoms with Crippen molar-refractivity contribution in [3.05, 3.63) is 28.5 Å². The van der Waals surface area contributed by atoms with Gasteiger partial charge in [0.25, 0.3) is 5.91 Å². The number of nitrogens with zero attached hydrogens (tertiary/aromatic N) is 1. The van der Waals surface area contributed by atoms with Gasteiger partial charge in [0.15, 0.2) is 10.8 Å². The lowest BCUT2D eigenvalue weighted by Gasteiger charge is -2.20. The Hall–Kier alpha value is -2.35. The molecule has 0 bridgehead atoms. The molecule has 2 rings (SSSR count). The van der Waals surface area contributed by atoms with E-state index in [9.17, 15) is 9.59 Å². The Labute approximate surface area is 163 Å². The van der Waals surface area contributed by atoms with Crippen molar-refractivity contribution in [1.82, 2.24) is 15.6 Å². The Morgan fingerprint density at radius 2 is 2.04 bits per heavy atom. The van der Waals surface area contributed by atoms with E-state index < -0.39 is 6.09 Å². The summed E-state index contributed by atoms with van der Waals surface area (Å²) in [5.74, 6) is 1.61. The normalized spacial score (nSPS) is 12.1. The van der Waals surface area contributed by atoms with Gasteiger partial charge in [-0.25, -0.2) is 9.78 Å². The van der Waals surface area contributed by atoms with E-state index in [4.69, 9.17) is 9.15 Å². The van der Waals surface area contributed by atoms with Crippen molar-refractivity contribution >= 4 is 23.3 Å². The quantitative estimate of drug-likeness (QED) is 0.709. The van der Waals surface area contributed by atoms with E-state index in [1.54, 1.807) is 13.8 Å². The molecule has 0 aliphatic heterocycles. The van der Waals surface area contributed by atoms with E-state index >= 15 is 0 Å². The van der Waals surface area contributed by atoms with Crippen molar-refractivity contribution < 1.29 is 18.7 Å². The van der Waals surface area contributed by atoms with Crippen molar-refractivity contribution in [2.24, 2.45) is 5.92 Å². The fourth-order valence-electron chi connectivity index (χ4n) is 2.66. The van der Waals surface area contributed by atoms with Gasteiger partial charge in [0.1, 0.15) is 10.6 Å². The van der Waals surface area contributed by atoms with Crippen LogP contribution in [-0.4, -0.2) is 36.2 Å². The van der Waals surface area contributed by atoms with Crippen LogP contribution < -0.4 is 10.6 Å². The molecule has 2 amide bonds. The molecule has 1 unspecified atom stereocenters. The second kappa shape index (κ2) is 9.55. The van der Waals surface area contributed by atoms with Crippen LogP contribution in [0.5, 0.6) is 0 Å². The van der Waals surface area contributed by atoms with E-state index in [1.807, 2.05) is 19.1 Å². The molecule has 2 aromatic heterocycles. The van der Waals surface area contributed by atoms with Crippen LogP contribution in [0.2, 0.25) is 0 Å². The van der Waals surface area contributed by atoms with Crippen LogP contribution in [0.1, 0.15) is 48.3 Å². The van der Waals surface area contributed by atoms with Crippen LogP contribution in [0.3, 0.4) is 0 Å². The predicted molar refractivity (Wildman–Crippen MR) is 105 cm³/mol. The van der Waals surface area contributed by atoms with Crippen molar-refractivity contribution in [3.63, 3.8) is 0 Å². The summed E-state index contributed by atoms with van der Waals surface area (Å²) in [4.78, 5) is 29.3. The number of carbonyl (C=O) groups is 2. The van der Waals surface area contributed by atoms with Gasteiger partial charge in [-0.2, -0.15) is 0 Å². The van der Waals surface area contributed by atoms with E-state index in [2.05, 4.69) is 29.5 Å². The SMILES string of the molecule is CCOC(=O)NC(CNC(=O)c1sc(-c2ccc(C)o2)nc1C)CC(C)C. The number of ether oxygens (including phenoxy) is 1. The van der Waals surface area contributed by atoms with Crippen molar-refractivity contribution in [1.29, 1.82) is 0 Å². The number of alkyl carbamates (subject to hydrolysis) is 1. The first kappa shape index (κ1) is 21.0. The summed E-state index contributed by atoms with van der Waals surface area (Å²) in [6.45, 7) is 10.2. The van der Waals surface area contributed by atoms with Crippen LogP contribution in [-0.2, 0) is 4.74 Å². The molecule has 0 aliphatic carbocycles. The fraction of sp³-hybridized carbons (Fsp3) is 0.526. The van der Waals surface area contributed by atoms with Gasteiger partial charge in [0.05, 0.1) is 12.3 Å². The van der Waals surface area contributed by atoms with Crippen LogP contribution in [0.4, 0.5) is 4.79 Å². The van der Waals surface area contributed by atoms with Crippen molar-refractivity contribution in [2.75, 3.05) is 13.2 Å². The lowest BCUT2D eigenvalue weighted by Crippen LogP contribution is -2.44. The molecule has 0 spiro atoms. The van der Waals surface area contributed by atoms with Crippen LogP contribution in [0.25, 0.3) is 10.8 Å². The summed E-state index contributed by atoms with van der Waals surface area (Å²) in [6.07, 6.45) is 0.263. The first-order valence-corrected chi connectivity index (χ1v) is 9.87. The lowest BCUT2D eigenvalue weighted by molar-refractivity contribution is 0.0947. The highest BCUT2D eigenvalue weighted by molar-refractivity contribution is 7.17. The average molecular weight is 394 g/mol. The monoisotopic (exact) mass is 393 g/mol. The molecule has 148 valence electrons. The Morgan fingerprint density at radius 3 is 2.63 bits per heavy atom. The number of hydrogen-bond acceptors (Lipinski definition) is 6. The number of carbonyl (C=O) groups excluding carboxylic acids is 2. The summed E-state index contributed by atoms with van der Waals surface area (Å²) < 4.78 is 10.5. The Morgan fingerprint density at radius 1 is 1.30 bits per heavy atom. The smallest absolute Gasteiger partial charge is 0.407 e. The van der Waals surface area contributed by atoms with Crippen LogP contribution in [0.15, 0.2) is 16.5 Å². The molecule has 0 saturated carbocycles. The third kappa shape index (κ3) is 6.09. The number of furan rings is 1. The summed E-state index contributed by atoms with van der Waals surface area (Å²) in [5, 5.41) is 6.37. The molecule has 7 nitrogen and oxygen atoms in total. The minimum absolute atomic E-state index is 0.201. The molecule has 2 heterocycles. The predicted octanol–water partition coefficient (Wildman–Crippen LogP) is 3.91. The third-order valence-electron chi connectivity index (χ3n) is 3.82. The second-order valence-corrected chi connectivity index (χ2v) is 7.74. The zero-order chi connectivity index (χ0) is 20.0. The molecule has 0 fully saturated rings. The van der Waals surface area contributed by atoms with Gasteiger partial charge in [0.2, 0.25) is 0 Å². The van der Waals surface area contributed by atoms with E-state index in [1.165, 1.54) is 11.3 Å². The average Bonchev–Trinajstić information content (AvgIpc) is 3.18. The Balaban J connectivity index is 2.02. The molecule has 0 aromatic carbocycles. The summed E-state index contributed by atoms with van der Waals surface area (Å²) >= 11 is 1.29. The topological polar surface area (TPSA) is 93.5 Å². The van der Waals surface area contributed by atoms with Crippen LogP contribution >= 0.6 is 11.3 Å². The molecule has 1 atom stereocenters. The molecular weight excluding hydrogens is 366 g/mol. The summed E-state index contributed by atoms with van der Waals surface area (Å²) in [7, 11) is 0. The molecule has 27 heavy (non-hydrogen) atoms. The number of hydrogen-bond donors (Lipinski definition) is 2. The van der Waals surface area contributed by atoms with Crippen molar-refractivity contribution in [2.45, 2.75) is 47.1 Å². The number of nitrogens with one attached hydrogen (secondary N) is 2. The number of thiazole rings is 1. The second-order valence-electron chi connectivity index (χ2n) is 6.75. The molecule has 2 N–H and O–H groups in total. The van der Waals surface area contributed by atoms with Gasteiger partial charge in [0, 0.05) is 12.6 Å². The van der Waals surface area contributed by atoms with Gasteiger partial charge in [-0.1, -0.05) is 13.8 Å². The van der Waals surface area contributed by atoms with Gasteiger partial charge in [-0.15, -0.1) is 11.3 Å². The molecule has 2 aromatic rings. The number of aromatic nitrogens is 1. The zero-order valence-electron chi connectivity index (χ0n) is 16.4. The van der Waals surface area contributed by atoms with Gasteiger partial charge >= 0.3 is 6.09 Å². The van der Waals surface area contributed by atoms with E-state index in [-0.39, 0.29) is 11.9 Å². The van der Waals surface area contributed by atoms with E-state index in [0.29, 0.717) is 40.4 Å². The highest BCUT2D eigenvalue weighted by atomic mass is 32.1. The highest BCUT2D eigenvalue weighted by Gasteiger charge is 2.20. The Bertz CT molecular complexity index is 782.